The summed E-state index contributed by atoms with van der Waals surface area (Å²) in [5.74, 6) is 0.398. The van der Waals surface area contributed by atoms with Gasteiger partial charge in [0.2, 0.25) is 0 Å². The van der Waals surface area contributed by atoms with Crippen LogP contribution in [-0.4, -0.2) is 43.7 Å². The molecule has 6 rings (SSSR count). The van der Waals surface area contributed by atoms with Crippen LogP contribution >= 0.6 is 0 Å². The summed E-state index contributed by atoms with van der Waals surface area (Å²) < 4.78 is 57.1. The van der Waals surface area contributed by atoms with Crippen molar-refractivity contribution in [2.24, 2.45) is 5.92 Å². The number of aromatic nitrogens is 5. The van der Waals surface area contributed by atoms with Gasteiger partial charge in [-0.15, -0.1) is 0 Å². The Morgan fingerprint density at radius 2 is 1.63 bits per heavy atom. The fourth-order valence-corrected chi connectivity index (χ4v) is 4.24. The van der Waals surface area contributed by atoms with Gasteiger partial charge in [0.15, 0.2) is 5.65 Å². The van der Waals surface area contributed by atoms with Crippen molar-refractivity contribution in [2.75, 3.05) is 6.26 Å². The van der Waals surface area contributed by atoms with Crippen LogP contribution < -0.4 is 0 Å². The summed E-state index contributed by atoms with van der Waals surface area (Å²) in [5, 5.41) is 0. The molecule has 1 fully saturated rings. The van der Waals surface area contributed by atoms with Crippen LogP contribution in [0.2, 0.25) is 0 Å². The molecule has 0 spiro atoms. The number of hydrogen-bond acceptors (Lipinski definition) is 5. The number of nitrogens with zero attached hydrogens (tertiary/aromatic N) is 4. The van der Waals surface area contributed by atoms with Gasteiger partial charge < -0.3 is 9.55 Å². The Balaban J connectivity index is 0.000000540. The minimum Gasteiger partial charge on any atom is -0.336 e. The monoisotopic (exact) mass is 537 g/mol. The van der Waals surface area contributed by atoms with Crippen molar-refractivity contribution in [3.8, 4) is 34.0 Å². The van der Waals surface area contributed by atoms with E-state index in [9.17, 15) is 17.2 Å². The molecule has 1 saturated carbocycles. The lowest BCUT2D eigenvalue weighted by molar-refractivity contribution is 0.490. The summed E-state index contributed by atoms with van der Waals surface area (Å²) >= 11 is 0. The van der Waals surface area contributed by atoms with Crippen LogP contribution in [0.3, 0.4) is 0 Å². The highest BCUT2D eigenvalue weighted by molar-refractivity contribution is 7.85. The predicted molar refractivity (Wildman–Crippen MR) is 141 cm³/mol. The molecular formula is C27H25F2N5O3S. The first-order chi connectivity index (χ1) is 18.1. The van der Waals surface area contributed by atoms with E-state index in [-0.39, 0.29) is 11.4 Å². The van der Waals surface area contributed by atoms with Gasteiger partial charge in [0.1, 0.15) is 28.8 Å². The molecule has 1 aliphatic rings. The van der Waals surface area contributed by atoms with Crippen LogP contribution in [0, 0.1) is 24.5 Å². The number of pyridine rings is 1. The minimum absolute atomic E-state index is 0.129. The number of imidazole rings is 2. The lowest BCUT2D eigenvalue weighted by atomic mass is 10.1. The van der Waals surface area contributed by atoms with Gasteiger partial charge in [0, 0.05) is 12.1 Å². The topological polar surface area (TPSA) is 114 Å². The average molecular weight is 538 g/mol. The molecule has 2 aromatic carbocycles. The molecule has 0 amide bonds. The van der Waals surface area contributed by atoms with E-state index in [0.29, 0.717) is 29.3 Å². The highest BCUT2D eigenvalue weighted by atomic mass is 32.2. The van der Waals surface area contributed by atoms with Crippen LogP contribution in [0.15, 0.2) is 60.7 Å². The van der Waals surface area contributed by atoms with Crippen LogP contribution in [0.25, 0.3) is 45.2 Å². The molecule has 2 N–H and O–H groups in total. The lowest BCUT2D eigenvalue weighted by Gasteiger charge is -2.06. The average Bonchev–Trinajstić information content (AvgIpc) is 3.49. The smallest absolute Gasteiger partial charge is 0.261 e. The zero-order valence-electron chi connectivity index (χ0n) is 20.7. The summed E-state index contributed by atoms with van der Waals surface area (Å²) in [6.07, 6.45) is 3.18. The molecular weight excluding hydrogens is 512 g/mol. The van der Waals surface area contributed by atoms with E-state index in [2.05, 4.69) is 19.5 Å². The van der Waals surface area contributed by atoms with Gasteiger partial charge >= 0.3 is 0 Å². The van der Waals surface area contributed by atoms with Gasteiger partial charge in [-0.25, -0.2) is 23.7 Å². The van der Waals surface area contributed by atoms with Crippen molar-refractivity contribution in [1.29, 1.82) is 0 Å². The predicted octanol–water partition coefficient (Wildman–Crippen LogP) is 5.66. The Morgan fingerprint density at radius 3 is 2.26 bits per heavy atom. The third-order valence-electron chi connectivity index (χ3n) is 6.13. The summed E-state index contributed by atoms with van der Waals surface area (Å²) in [7, 11) is -3.67. The number of halogens is 2. The van der Waals surface area contributed by atoms with Gasteiger partial charge in [-0.3, -0.25) is 4.55 Å². The number of aromatic amines is 1. The molecule has 0 aliphatic heterocycles. The second-order valence-electron chi connectivity index (χ2n) is 9.26. The van der Waals surface area contributed by atoms with E-state index in [4.69, 9.17) is 9.54 Å². The Labute approximate surface area is 218 Å². The van der Waals surface area contributed by atoms with E-state index in [1.807, 2.05) is 49.4 Å². The van der Waals surface area contributed by atoms with Crippen molar-refractivity contribution in [1.82, 2.24) is 24.5 Å². The van der Waals surface area contributed by atoms with E-state index < -0.39 is 21.8 Å². The van der Waals surface area contributed by atoms with Gasteiger partial charge in [-0.05, 0) is 49.9 Å². The van der Waals surface area contributed by atoms with Crippen molar-refractivity contribution in [2.45, 2.75) is 26.3 Å². The van der Waals surface area contributed by atoms with E-state index in [1.165, 1.54) is 31.0 Å². The van der Waals surface area contributed by atoms with Crippen LogP contribution in [0.1, 0.15) is 18.7 Å². The highest BCUT2D eigenvalue weighted by Gasteiger charge is 2.25. The van der Waals surface area contributed by atoms with Crippen molar-refractivity contribution in [3.05, 3.63) is 78.1 Å². The number of aryl methyl sites for hydroxylation is 1. The Morgan fingerprint density at radius 1 is 0.974 bits per heavy atom. The van der Waals surface area contributed by atoms with E-state index >= 15 is 0 Å². The van der Waals surface area contributed by atoms with Gasteiger partial charge in [-0.2, -0.15) is 8.42 Å². The Bertz CT molecular complexity index is 1700. The Hall–Kier alpha value is -3.96. The molecule has 0 saturated heterocycles. The molecule has 11 heteroatoms. The van der Waals surface area contributed by atoms with Crippen molar-refractivity contribution in [3.63, 3.8) is 0 Å². The van der Waals surface area contributed by atoms with Crippen molar-refractivity contribution >= 4 is 21.3 Å². The number of rotatable bonds is 5. The fraction of sp³-hybridized carbons (Fsp3) is 0.222. The lowest BCUT2D eigenvalue weighted by Crippen LogP contribution is -2.03. The quantitative estimate of drug-likeness (QED) is 0.280. The molecule has 8 nitrogen and oxygen atoms in total. The number of H-pyrrole nitrogens is 1. The van der Waals surface area contributed by atoms with Crippen molar-refractivity contribution < 1.29 is 21.8 Å². The number of nitrogens with one attached hydrogen (secondary N) is 1. The molecule has 0 unspecified atom stereocenters. The standard InChI is InChI=1S/C26H21F2N5.CH4O3S/c1-15-29-21-13-12-20(30-26(21)33(15)14-16-10-11-16)24-23(17-6-3-2-4-7-17)31-25(32-24)22-18(27)8-5-9-19(22)28;1-5(2,3)4/h2-9,12-13,16H,10-11,14H2,1H3,(H,31,32);1H3,(H,2,3,4). The molecule has 5 aromatic rings. The maximum atomic E-state index is 14.5. The zero-order chi connectivity index (χ0) is 27.0. The third-order valence-corrected chi connectivity index (χ3v) is 6.13. The van der Waals surface area contributed by atoms with Crippen LogP contribution in [0.5, 0.6) is 0 Å². The third kappa shape index (κ3) is 5.63. The first kappa shape index (κ1) is 25.7. The molecule has 3 aromatic heterocycles. The summed E-state index contributed by atoms with van der Waals surface area (Å²) in [6, 6.07) is 17.2. The second-order valence-corrected chi connectivity index (χ2v) is 10.7. The van der Waals surface area contributed by atoms with Gasteiger partial charge in [-0.1, -0.05) is 36.4 Å². The molecule has 0 radical (unpaired) electrons. The number of hydrogen-bond donors (Lipinski definition) is 2. The Kier molecular flexibility index (Phi) is 6.80. The second kappa shape index (κ2) is 10.1. The number of fused-ring (bicyclic) bond motifs is 1. The normalized spacial score (nSPS) is 13.4. The maximum absolute atomic E-state index is 14.5. The van der Waals surface area contributed by atoms with E-state index in [0.717, 1.165) is 29.1 Å². The summed E-state index contributed by atoms with van der Waals surface area (Å²) in [6.45, 7) is 2.90. The SMILES string of the molecule is CS(=O)(=O)O.Cc1nc2ccc(-c3[nH]c(-c4c(F)cccc4F)nc3-c3ccccc3)nc2n1CC1CC1. The maximum Gasteiger partial charge on any atom is 0.261 e. The molecule has 38 heavy (non-hydrogen) atoms. The molecule has 3 heterocycles. The summed E-state index contributed by atoms with van der Waals surface area (Å²) in [5.41, 5.74) is 4.13. The number of benzene rings is 2. The molecule has 196 valence electrons. The fourth-order valence-electron chi connectivity index (χ4n) is 4.24. The van der Waals surface area contributed by atoms with Crippen LogP contribution in [0.4, 0.5) is 8.78 Å². The molecule has 0 atom stereocenters. The zero-order valence-corrected chi connectivity index (χ0v) is 21.5. The van der Waals surface area contributed by atoms with E-state index in [1.54, 1.807) is 0 Å². The first-order valence-electron chi connectivity index (χ1n) is 11.9. The highest BCUT2D eigenvalue weighted by Crippen LogP contribution is 2.35. The minimum atomic E-state index is -3.67. The largest absolute Gasteiger partial charge is 0.336 e. The van der Waals surface area contributed by atoms with Crippen LogP contribution in [-0.2, 0) is 16.7 Å². The van der Waals surface area contributed by atoms with Gasteiger partial charge in [0.05, 0.1) is 28.9 Å². The molecule has 0 bridgehead atoms. The van der Waals surface area contributed by atoms with Gasteiger partial charge in [0.25, 0.3) is 10.1 Å². The molecule has 1 aliphatic carbocycles. The summed E-state index contributed by atoms with van der Waals surface area (Å²) in [4.78, 5) is 17.4. The first-order valence-corrected chi connectivity index (χ1v) is 13.8.